The molecule has 1 saturated carbocycles. The average Bonchev–Trinajstić information content (AvgIpc) is 3.40. The van der Waals surface area contributed by atoms with Crippen LogP contribution in [-0.2, 0) is 19.1 Å². The van der Waals surface area contributed by atoms with Gasteiger partial charge in [0.15, 0.2) is 16.7 Å². The number of rotatable bonds is 4. The zero-order valence-corrected chi connectivity index (χ0v) is 18.7. The molecule has 1 amide bonds. The van der Waals surface area contributed by atoms with Crippen LogP contribution in [0.4, 0.5) is 5.13 Å². The first-order valence-electron chi connectivity index (χ1n) is 10.8. The molecule has 3 heterocycles. The minimum Gasteiger partial charge on any atom is -0.483 e. The zero-order chi connectivity index (χ0) is 21.7. The monoisotopic (exact) mass is 438 g/mol. The normalized spacial score (nSPS) is 28.1. The lowest BCUT2D eigenvalue weighted by molar-refractivity contribution is -0.135. The second-order valence-electron chi connectivity index (χ2n) is 8.75. The highest BCUT2D eigenvalue weighted by atomic mass is 32.1. The Hall–Kier alpha value is -2.51. The third-order valence-corrected chi connectivity index (χ3v) is 7.45. The molecule has 0 N–H and O–H groups in total. The Balaban J connectivity index is 1.59. The van der Waals surface area contributed by atoms with Crippen LogP contribution >= 0.6 is 11.3 Å². The Morgan fingerprint density at radius 2 is 1.97 bits per heavy atom. The summed E-state index contributed by atoms with van der Waals surface area (Å²) in [5, 5.41) is 2.41. The van der Waals surface area contributed by atoms with Crippen LogP contribution in [0, 0.1) is 5.92 Å². The van der Waals surface area contributed by atoms with E-state index in [0.717, 1.165) is 12.0 Å². The topological polar surface area (TPSA) is 68.7 Å². The standard InChI is InChI=1S/C24H26N2O4S/c1-13(2)14-4-6-15(7-5-14)20-19-21(27)17-9-8-16(29-3)12-18(17)30-22(19)23(28)26(20)24-25-10-11-31-24/h4-7,10-11,13,16-18,20H,8-9,12H2,1-3H3. The number of methoxy groups -OCH3 is 1. The van der Waals surface area contributed by atoms with Crippen molar-refractivity contribution in [3.05, 3.63) is 58.3 Å². The third kappa shape index (κ3) is 3.31. The number of hydrogen-bond donors (Lipinski definition) is 0. The predicted octanol–water partition coefficient (Wildman–Crippen LogP) is 4.39. The van der Waals surface area contributed by atoms with E-state index in [4.69, 9.17) is 9.47 Å². The van der Waals surface area contributed by atoms with Gasteiger partial charge in [-0.25, -0.2) is 4.98 Å². The van der Waals surface area contributed by atoms with Crippen LogP contribution in [0.5, 0.6) is 0 Å². The van der Waals surface area contributed by atoms with E-state index in [9.17, 15) is 9.59 Å². The van der Waals surface area contributed by atoms with Crippen molar-refractivity contribution in [2.24, 2.45) is 5.92 Å². The summed E-state index contributed by atoms with van der Waals surface area (Å²) in [5.41, 5.74) is 2.60. The lowest BCUT2D eigenvalue weighted by atomic mass is 9.76. The first-order valence-corrected chi connectivity index (χ1v) is 11.7. The molecule has 6 nitrogen and oxygen atoms in total. The highest BCUT2D eigenvalue weighted by Crippen LogP contribution is 2.48. The van der Waals surface area contributed by atoms with Crippen LogP contribution in [0.3, 0.4) is 0 Å². The molecule has 162 valence electrons. The van der Waals surface area contributed by atoms with Gasteiger partial charge in [-0.3, -0.25) is 14.5 Å². The van der Waals surface area contributed by atoms with Crippen molar-refractivity contribution in [1.29, 1.82) is 0 Å². The summed E-state index contributed by atoms with van der Waals surface area (Å²) < 4.78 is 11.7. The van der Waals surface area contributed by atoms with Crippen LogP contribution in [0.15, 0.2) is 47.2 Å². The van der Waals surface area contributed by atoms with Crippen LogP contribution < -0.4 is 4.90 Å². The third-order valence-electron chi connectivity index (χ3n) is 6.68. The van der Waals surface area contributed by atoms with E-state index >= 15 is 0 Å². The molecule has 0 radical (unpaired) electrons. The van der Waals surface area contributed by atoms with Crippen molar-refractivity contribution in [3.63, 3.8) is 0 Å². The molecule has 4 unspecified atom stereocenters. The molecular formula is C24H26N2O4S. The Labute approximate surface area is 185 Å². The van der Waals surface area contributed by atoms with Crippen molar-refractivity contribution >= 4 is 28.2 Å². The van der Waals surface area contributed by atoms with Gasteiger partial charge in [0.25, 0.3) is 5.91 Å². The van der Waals surface area contributed by atoms with E-state index < -0.39 is 6.04 Å². The van der Waals surface area contributed by atoms with Gasteiger partial charge < -0.3 is 9.47 Å². The van der Waals surface area contributed by atoms with Gasteiger partial charge in [0.2, 0.25) is 0 Å². The molecule has 4 atom stereocenters. The summed E-state index contributed by atoms with van der Waals surface area (Å²) in [6.45, 7) is 4.29. The Morgan fingerprint density at radius 3 is 2.61 bits per heavy atom. The first kappa shape index (κ1) is 20.4. The van der Waals surface area contributed by atoms with E-state index in [1.165, 1.54) is 16.9 Å². The van der Waals surface area contributed by atoms with E-state index in [2.05, 4.69) is 31.0 Å². The number of thiazole rings is 1. The second-order valence-corrected chi connectivity index (χ2v) is 9.63. The lowest BCUT2D eigenvalue weighted by Gasteiger charge is -2.38. The minimum atomic E-state index is -0.511. The number of benzene rings is 1. The number of fused-ring (bicyclic) bond motifs is 1. The molecule has 1 fully saturated rings. The molecular weight excluding hydrogens is 412 g/mol. The smallest absolute Gasteiger partial charge is 0.296 e. The van der Waals surface area contributed by atoms with E-state index in [0.29, 0.717) is 29.5 Å². The highest BCUT2D eigenvalue weighted by molar-refractivity contribution is 7.13. The molecule has 2 aliphatic heterocycles. The lowest BCUT2D eigenvalue weighted by Crippen LogP contribution is -2.43. The number of Topliss-reactive ketones (excluding diaryl/α,β-unsaturated/α-hetero) is 1. The summed E-state index contributed by atoms with van der Waals surface area (Å²) in [6, 6.07) is 7.67. The quantitative estimate of drug-likeness (QED) is 0.708. The maximum Gasteiger partial charge on any atom is 0.296 e. The van der Waals surface area contributed by atoms with Gasteiger partial charge in [0, 0.05) is 25.1 Å². The van der Waals surface area contributed by atoms with Crippen LogP contribution in [-0.4, -0.2) is 36.0 Å². The number of carbonyl (C=O) groups excluding carboxylic acids is 2. The molecule has 0 bridgehead atoms. The van der Waals surface area contributed by atoms with E-state index in [1.54, 1.807) is 18.2 Å². The van der Waals surface area contributed by atoms with Crippen LogP contribution in [0.2, 0.25) is 0 Å². The number of aromatic nitrogens is 1. The molecule has 5 rings (SSSR count). The largest absolute Gasteiger partial charge is 0.483 e. The maximum atomic E-state index is 13.7. The SMILES string of the molecule is COC1CCC2C(=O)C3=C(OC2C1)C(=O)N(c1nccs1)C3c1ccc(C(C)C)cc1. The predicted molar refractivity (Wildman–Crippen MR) is 118 cm³/mol. The van der Waals surface area contributed by atoms with Crippen molar-refractivity contribution in [2.75, 3.05) is 12.0 Å². The molecule has 1 aromatic heterocycles. The molecule has 3 aliphatic rings. The molecule has 7 heteroatoms. The van der Waals surface area contributed by atoms with Crippen LogP contribution in [0.25, 0.3) is 0 Å². The molecule has 0 saturated heterocycles. The Bertz CT molecular complexity index is 1030. The summed E-state index contributed by atoms with van der Waals surface area (Å²) >= 11 is 1.39. The highest BCUT2D eigenvalue weighted by Gasteiger charge is 2.53. The number of amides is 1. The second kappa shape index (κ2) is 7.88. The van der Waals surface area contributed by atoms with Crippen molar-refractivity contribution in [2.45, 2.75) is 57.3 Å². The Morgan fingerprint density at radius 1 is 1.19 bits per heavy atom. The molecule has 0 spiro atoms. The zero-order valence-electron chi connectivity index (χ0n) is 17.9. The molecule has 31 heavy (non-hydrogen) atoms. The number of ether oxygens (including phenoxy) is 2. The van der Waals surface area contributed by atoms with Gasteiger partial charge >= 0.3 is 0 Å². The summed E-state index contributed by atoms with van der Waals surface area (Å²) in [5.74, 6) is 0.114. The number of anilines is 1. The van der Waals surface area contributed by atoms with Gasteiger partial charge in [-0.1, -0.05) is 38.1 Å². The maximum absolute atomic E-state index is 13.7. The van der Waals surface area contributed by atoms with Crippen LogP contribution in [0.1, 0.15) is 56.2 Å². The average molecular weight is 439 g/mol. The minimum absolute atomic E-state index is 0.0335. The van der Waals surface area contributed by atoms with E-state index in [1.807, 2.05) is 17.5 Å². The number of nitrogens with zero attached hydrogens (tertiary/aromatic N) is 2. The number of ketones is 1. The fourth-order valence-electron chi connectivity index (χ4n) is 4.95. The fraction of sp³-hybridized carbons (Fsp3) is 0.458. The first-order chi connectivity index (χ1) is 15.0. The Kier molecular flexibility index (Phi) is 5.18. The molecule has 1 aromatic carbocycles. The number of carbonyl (C=O) groups is 2. The number of hydrogen-bond acceptors (Lipinski definition) is 6. The summed E-state index contributed by atoms with van der Waals surface area (Å²) in [4.78, 5) is 33.2. The van der Waals surface area contributed by atoms with Gasteiger partial charge in [0.1, 0.15) is 6.10 Å². The van der Waals surface area contributed by atoms with E-state index in [-0.39, 0.29) is 35.6 Å². The summed E-state index contributed by atoms with van der Waals surface area (Å²) in [6.07, 6.45) is 3.59. The fourth-order valence-corrected chi connectivity index (χ4v) is 5.62. The van der Waals surface area contributed by atoms with Gasteiger partial charge in [-0.05, 0) is 29.9 Å². The van der Waals surface area contributed by atoms with Crippen molar-refractivity contribution < 1.29 is 19.1 Å². The van der Waals surface area contributed by atoms with Gasteiger partial charge in [0.05, 0.1) is 23.6 Å². The van der Waals surface area contributed by atoms with Crippen molar-refractivity contribution in [3.8, 4) is 0 Å². The summed E-state index contributed by atoms with van der Waals surface area (Å²) in [7, 11) is 1.68. The van der Waals surface area contributed by atoms with Gasteiger partial charge in [-0.15, -0.1) is 11.3 Å². The molecule has 2 aromatic rings. The van der Waals surface area contributed by atoms with Gasteiger partial charge in [-0.2, -0.15) is 0 Å². The molecule has 1 aliphatic carbocycles. The van der Waals surface area contributed by atoms with Crippen molar-refractivity contribution in [1.82, 2.24) is 4.98 Å².